The number of nitrogens with zero attached hydrogens (tertiary/aromatic N) is 2. The average Bonchev–Trinajstić information content (AvgIpc) is 2.67. The van der Waals surface area contributed by atoms with Gasteiger partial charge in [0, 0.05) is 19.7 Å². The first-order valence-corrected chi connectivity index (χ1v) is 10.3. The number of anilines is 1. The molecule has 0 fully saturated rings. The number of rotatable bonds is 8. The zero-order valence-corrected chi connectivity index (χ0v) is 17.5. The highest BCUT2D eigenvalue weighted by atomic mass is 32.2. The Labute approximate surface area is 169 Å². The maximum Gasteiger partial charge on any atom is 0.293 e. The lowest BCUT2D eigenvalue weighted by molar-refractivity contribution is -0.384. The van der Waals surface area contributed by atoms with E-state index >= 15 is 0 Å². The summed E-state index contributed by atoms with van der Waals surface area (Å²) in [6.07, 6.45) is 0. The third-order valence-corrected chi connectivity index (χ3v) is 5.92. The first-order chi connectivity index (χ1) is 13.5. The summed E-state index contributed by atoms with van der Waals surface area (Å²) in [4.78, 5) is 24.4. The van der Waals surface area contributed by atoms with Gasteiger partial charge in [-0.1, -0.05) is 23.8 Å². The van der Waals surface area contributed by atoms with Gasteiger partial charge in [0.05, 0.1) is 16.4 Å². The molecule has 2 aromatic rings. The smallest absolute Gasteiger partial charge is 0.293 e. The van der Waals surface area contributed by atoms with Crippen molar-refractivity contribution >= 4 is 27.3 Å². The van der Waals surface area contributed by atoms with Crippen molar-refractivity contribution in [3.8, 4) is 0 Å². The van der Waals surface area contributed by atoms with Crippen molar-refractivity contribution in [3.05, 3.63) is 63.2 Å². The minimum atomic E-state index is -3.81. The number of amides is 1. The molecule has 29 heavy (non-hydrogen) atoms. The molecule has 0 heterocycles. The number of carbonyl (C=O) groups excluding carboxylic acids is 1. The predicted octanol–water partition coefficient (Wildman–Crippen LogP) is 2.19. The fraction of sp³-hybridized carbons (Fsp3) is 0.316. The first-order valence-electron chi connectivity index (χ1n) is 8.81. The van der Waals surface area contributed by atoms with Crippen molar-refractivity contribution in [2.45, 2.75) is 25.3 Å². The van der Waals surface area contributed by atoms with Crippen molar-refractivity contribution in [2.75, 3.05) is 26.0 Å². The summed E-state index contributed by atoms with van der Waals surface area (Å²) in [7, 11) is -0.942. The molecule has 0 spiro atoms. The molecule has 0 saturated heterocycles. The minimum Gasteiger partial charge on any atom is -0.371 e. The number of carbonyl (C=O) groups is 1. The molecule has 0 aliphatic heterocycles. The summed E-state index contributed by atoms with van der Waals surface area (Å²) in [6, 6.07) is 9.45. The van der Waals surface area contributed by atoms with Crippen molar-refractivity contribution < 1.29 is 18.1 Å². The monoisotopic (exact) mass is 420 g/mol. The van der Waals surface area contributed by atoms with E-state index in [9.17, 15) is 23.3 Å². The Bertz CT molecular complexity index is 1040. The van der Waals surface area contributed by atoms with Crippen molar-refractivity contribution in [2.24, 2.45) is 0 Å². The van der Waals surface area contributed by atoms with Crippen LogP contribution in [-0.4, -0.2) is 44.8 Å². The van der Waals surface area contributed by atoms with Crippen molar-refractivity contribution in [3.63, 3.8) is 0 Å². The first kappa shape index (κ1) is 22.3. The van der Waals surface area contributed by atoms with Gasteiger partial charge in [-0.15, -0.1) is 0 Å². The molecule has 0 aromatic heterocycles. The van der Waals surface area contributed by atoms with Crippen LogP contribution in [0.25, 0.3) is 0 Å². The highest BCUT2D eigenvalue weighted by Crippen LogP contribution is 2.27. The zero-order chi connectivity index (χ0) is 21.8. The van der Waals surface area contributed by atoms with Gasteiger partial charge < -0.3 is 10.2 Å². The van der Waals surface area contributed by atoms with Crippen molar-refractivity contribution in [1.82, 2.24) is 9.62 Å². The number of aryl methyl sites for hydroxylation is 2. The molecule has 10 heteroatoms. The standard InChI is InChI=1S/C19H24N4O5S/c1-13-5-6-15(14(2)9-13)12-22(4)19(24)11-21-17-8-7-16(29(27,28)20-3)10-18(17)23(25)26/h5-10,20-21H,11-12H2,1-4H3. The van der Waals surface area contributed by atoms with Crippen LogP contribution in [0.3, 0.4) is 0 Å². The quantitative estimate of drug-likeness (QED) is 0.499. The molecule has 0 unspecified atom stereocenters. The van der Waals surface area contributed by atoms with Crippen LogP contribution in [0.4, 0.5) is 11.4 Å². The number of sulfonamides is 1. The average molecular weight is 420 g/mol. The van der Waals surface area contributed by atoms with Crippen LogP contribution >= 0.6 is 0 Å². The summed E-state index contributed by atoms with van der Waals surface area (Å²) in [6.45, 7) is 4.22. The van der Waals surface area contributed by atoms with E-state index in [0.29, 0.717) is 6.54 Å². The zero-order valence-electron chi connectivity index (χ0n) is 16.7. The molecule has 0 saturated carbocycles. The maximum absolute atomic E-state index is 12.4. The summed E-state index contributed by atoms with van der Waals surface area (Å²) in [5.74, 6) is -0.258. The Hall–Kier alpha value is -2.98. The molecule has 0 atom stereocenters. The molecule has 156 valence electrons. The summed E-state index contributed by atoms with van der Waals surface area (Å²) >= 11 is 0. The number of hydrogen-bond acceptors (Lipinski definition) is 6. The van der Waals surface area contributed by atoms with Gasteiger partial charge in [-0.3, -0.25) is 14.9 Å². The highest BCUT2D eigenvalue weighted by Gasteiger charge is 2.21. The largest absolute Gasteiger partial charge is 0.371 e. The molecule has 2 aromatic carbocycles. The van der Waals surface area contributed by atoms with Crippen LogP contribution in [0.5, 0.6) is 0 Å². The van der Waals surface area contributed by atoms with E-state index in [-0.39, 0.29) is 23.0 Å². The lowest BCUT2D eigenvalue weighted by Gasteiger charge is -2.19. The number of nitrogens with one attached hydrogen (secondary N) is 2. The van der Waals surface area contributed by atoms with Gasteiger partial charge in [0.2, 0.25) is 15.9 Å². The van der Waals surface area contributed by atoms with E-state index in [1.807, 2.05) is 32.0 Å². The van der Waals surface area contributed by atoms with Crippen molar-refractivity contribution in [1.29, 1.82) is 0 Å². The third-order valence-electron chi connectivity index (χ3n) is 4.51. The topological polar surface area (TPSA) is 122 Å². The molecule has 0 radical (unpaired) electrons. The van der Waals surface area contributed by atoms with Crippen LogP contribution in [-0.2, 0) is 21.4 Å². The van der Waals surface area contributed by atoms with Gasteiger partial charge in [-0.2, -0.15) is 0 Å². The fourth-order valence-electron chi connectivity index (χ4n) is 2.77. The third kappa shape index (κ3) is 5.52. The molecule has 2 rings (SSSR count). The molecule has 1 amide bonds. The van der Waals surface area contributed by atoms with E-state index in [0.717, 1.165) is 22.8 Å². The Morgan fingerprint density at radius 3 is 2.45 bits per heavy atom. The Morgan fingerprint density at radius 1 is 1.17 bits per heavy atom. The highest BCUT2D eigenvalue weighted by molar-refractivity contribution is 7.89. The number of likely N-dealkylation sites (N-methyl/N-ethyl adjacent to an activating group) is 1. The fourth-order valence-corrected chi connectivity index (χ4v) is 3.52. The Balaban J connectivity index is 2.11. The SMILES string of the molecule is CNS(=O)(=O)c1ccc(NCC(=O)N(C)Cc2ccc(C)cc2C)c([N+](=O)[O-])c1. The predicted molar refractivity (Wildman–Crippen MR) is 110 cm³/mol. The van der Waals surface area contributed by atoms with E-state index in [1.165, 1.54) is 24.1 Å². The van der Waals surface area contributed by atoms with Gasteiger partial charge in [0.15, 0.2) is 0 Å². The van der Waals surface area contributed by atoms with E-state index in [1.54, 1.807) is 7.05 Å². The maximum atomic E-state index is 12.4. The number of hydrogen-bond donors (Lipinski definition) is 2. The van der Waals surface area contributed by atoms with Crippen LogP contribution in [0.2, 0.25) is 0 Å². The summed E-state index contributed by atoms with van der Waals surface area (Å²) in [5.41, 5.74) is 2.87. The van der Waals surface area contributed by atoms with Gasteiger partial charge in [-0.05, 0) is 44.2 Å². The van der Waals surface area contributed by atoms with Gasteiger partial charge in [-0.25, -0.2) is 13.1 Å². The lowest BCUT2D eigenvalue weighted by atomic mass is 10.1. The van der Waals surface area contributed by atoms with Gasteiger partial charge >= 0.3 is 0 Å². The molecule has 0 aliphatic rings. The molecular formula is C19H24N4O5S. The normalized spacial score (nSPS) is 11.2. The minimum absolute atomic E-state index is 0.0679. The van der Waals surface area contributed by atoms with Crippen LogP contribution in [0.15, 0.2) is 41.3 Å². The molecule has 0 bridgehead atoms. The van der Waals surface area contributed by atoms with Crippen LogP contribution < -0.4 is 10.0 Å². The second-order valence-electron chi connectivity index (χ2n) is 6.68. The van der Waals surface area contributed by atoms with E-state index < -0.39 is 20.6 Å². The van der Waals surface area contributed by atoms with Crippen LogP contribution in [0.1, 0.15) is 16.7 Å². The molecule has 0 aliphatic carbocycles. The number of nitro groups is 1. The molecule has 9 nitrogen and oxygen atoms in total. The molecular weight excluding hydrogens is 396 g/mol. The second-order valence-corrected chi connectivity index (χ2v) is 8.56. The lowest BCUT2D eigenvalue weighted by Crippen LogP contribution is -2.32. The Kier molecular flexibility index (Phi) is 6.93. The van der Waals surface area contributed by atoms with E-state index in [2.05, 4.69) is 10.0 Å². The molecule has 2 N–H and O–H groups in total. The van der Waals surface area contributed by atoms with E-state index in [4.69, 9.17) is 0 Å². The summed E-state index contributed by atoms with van der Waals surface area (Å²) in [5, 5.41) is 14.1. The van der Waals surface area contributed by atoms with Crippen LogP contribution in [0, 0.1) is 24.0 Å². The number of benzene rings is 2. The summed E-state index contributed by atoms with van der Waals surface area (Å²) < 4.78 is 25.8. The second kappa shape index (κ2) is 9.01. The van der Waals surface area contributed by atoms with Gasteiger partial charge in [0.1, 0.15) is 5.69 Å². The number of nitro benzene ring substituents is 1. The Morgan fingerprint density at radius 2 is 1.86 bits per heavy atom. The van der Waals surface area contributed by atoms with Gasteiger partial charge in [0.25, 0.3) is 5.69 Å².